The number of hydrogen-bond donors (Lipinski definition) is 2. The molecule has 2 N–H and O–H groups in total. The summed E-state index contributed by atoms with van der Waals surface area (Å²) in [6.45, 7) is 0. The molecule has 1 aliphatic carbocycles. The predicted octanol–water partition coefficient (Wildman–Crippen LogP) is 1.01. The molecule has 58 valence electrons. The van der Waals surface area contributed by atoms with Gasteiger partial charge in [0.05, 0.1) is 0 Å². The van der Waals surface area contributed by atoms with Crippen molar-refractivity contribution in [2.75, 3.05) is 0 Å². The van der Waals surface area contributed by atoms with E-state index in [4.69, 9.17) is 0 Å². The van der Waals surface area contributed by atoms with Crippen LogP contribution in [0.25, 0.3) is 6.08 Å². The van der Waals surface area contributed by atoms with Crippen LogP contribution in [0.4, 0.5) is 0 Å². The molecule has 3 nitrogen and oxygen atoms in total. The van der Waals surface area contributed by atoms with Gasteiger partial charge in [-0.15, -0.1) is 0 Å². The molecule has 1 aromatic heterocycles. The van der Waals surface area contributed by atoms with E-state index in [2.05, 4.69) is 0 Å². The first-order valence-electron chi connectivity index (χ1n) is 3.48. The molecule has 0 unspecified atom stereocenters. The molecule has 1 heterocycles. The van der Waals surface area contributed by atoms with Gasteiger partial charge in [0.25, 0.3) is 0 Å². The topological polar surface area (TPSA) is 45.4 Å². The second kappa shape index (κ2) is 1.81. The molecule has 0 spiro atoms. The van der Waals surface area contributed by atoms with Gasteiger partial charge in [0.1, 0.15) is 0 Å². The molecular weight excluding hydrogens is 142 g/mol. The molecule has 11 heavy (non-hydrogen) atoms. The van der Waals surface area contributed by atoms with Gasteiger partial charge >= 0.3 is 0 Å². The molecular formula is C8H9NO2. The Bertz CT molecular complexity index is 336. The molecule has 0 fully saturated rings. The van der Waals surface area contributed by atoms with Crippen molar-refractivity contribution in [1.82, 2.24) is 4.57 Å². The highest BCUT2D eigenvalue weighted by Crippen LogP contribution is 2.37. The van der Waals surface area contributed by atoms with Crippen molar-refractivity contribution < 1.29 is 10.2 Å². The van der Waals surface area contributed by atoms with Gasteiger partial charge < -0.3 is 10.2 Å². The Morgan fingerprint density at radius 2 is 2.09 bits per heavy atom. The van der Waals surface area contributed by atoms with Crippen molar-refractivity contribution in [2.45, 2.75) is 6.42 Å². The molecule has 0 radical (unpaired) electrons. The highest BCUT2D eigenvalue weighted by Gasteiger charge is 2.20. The van der Waals surface area contributed by atoms with Gasteiger partial charge in [-0.3, -0.25) is 4.57 Å². The number of aromatic hydroxyl groups is 2. The summed E-state index contributed by atoms with van der Waals surface area (Å²) in [6, 6.07) is 0. The van der Waals surface area contributed by atoms with Gasteiger partial charge in [0.15, 0.2) is 5.88 Å². The maximum Gasteiger partial charge on any atom is 0.201 e. The van der Waals surface area contributed by atoms with E-state index in [1.54, 1.807) is 7.05 Å². The molecule has 2 rings (SSSR count). The van der Waals surface area contributed by atoms with Gasteiger partial charge in [-0.25, -0.2) is 0 Å². The summed E-state index contributed by atoms with van der Waals surface area (Å²) in [5.41, 5.74) is 1.58. The Labute approximate surface area is 64.2 Å². The fourth-order valence-electron chi connectivity index (χ4n) is 1.41. The van der Waals surface area contributed by atoms with Crippen LogP contribution >= 0.6 is 0 Å². The van der Waals surface area contributed by atoms with Crippen LogP contribution in [0.2, 0.25) is 0 Å². The van der Waals surface area contributed by atoms with Crippen molar-refractivity contribution in [3.8, 4) is 11.8 Å². The molecule has 0 aliphatic heterocycles. The fraction of sp³-hybridized carbons (Fsp3) is 0.250. The Hall–Kier alpha value is -1.38. The van der Waals surface area contributed by atoms with Crippen LogP contribution in [0.15, 0.2) is 6.08 Å². The van der Waals surface area contributed by atoms with E-state index in [9.17, 15) is 10.2 Å². The maximum absolute atomic E-state index is 9.40. The Morgan fingerprint density at radius 1 is 1.36 bits per heavy atom. The Morgan fingerprint density at radius 3 is 2.73 bits per heavy atom. The first-order valence-corrected chi connectivity index (χ1v) is 3.48. The minimum absolute atomic E-state index is 0.145. The monoisotopic (exact) mass is 151 g/mol. The molecule has 0 saturated heterocycles. The first-order chi connectivity index (χ1) is 5.22. The van der Waals surface area contributed by atoms with Crippen molar-refractivity contribution in [3.63, 3.8) is 0 Å². The molecule has 0 atom stereocenters. The summed E-state index contributed by atoms with van der Waals surface area (Å²) in [4.78, 5) is 0. The molecule has 1 aromatic rings. The maximum atomic E-state index is 9.40. The van der Waals surface area contributed by atoms with Gasteiger partial charge in [-0.1, -0.05) is 12.2 Å². The molecule has 0 saturated carbocycles. The van der Waals surface area contributed by atoms with Gasteiger partial charge in [-0.05, 0) is 6.42 Å². The van der Waals surface area contributed by atoms with Crippen molar-refractivity contribution >= 4 is 6.08 Å². The second-order valence-corrected chi connectivity index (χ2v) is 2.70. The Kier molecular flexibility index (Phi) is 1.04. The lowest BCUT2D eigenvalue weighted by molar-refractivity contribution is 0.385. The quantitative estimate of drug-likeness (QED) is 0.581. The van der Waals surface area contributed by atoms with Crippen LogP contribution in [-0.2, 0) is 13.5 Å². The highest BCUT2D eigenvalue weighted by atomic mass is 16.3. The summed E-state index contributed by atoms with van der Waals surface area (Å²) in [7, 11) is 1.64. The van der Waals surface area contributed by atoms with Crippen LogP contribution in [0, 0.1) is 0 Å². The van der Waals surface area contributed by atoms with Crippen LogP contribution < -0.4 is 0 Å². The van der Waals surface area contributed by atoms with Crippen LogP contribution in [0.3, 0.4) is 0 Å². The summed E-state index contributed by atoms with van der Waals surface area (Å²) in [6.07, 6.45) is 4.46. The van der Waals surface area contributed by atoms with E-state index in [1.807, 2.05) is 12.2 Å². The molecule has 3 heteroatoms. The summed E-state index contributed by atoms with van der Waals surface area (Å²) >= 11 is 0. The lowest BCUT2D eigenvalue weighted by atomic mass is 10.2. The zero-order valence-corrected chi connectivity index (χ0v) is 6.20. The largest absolute Gasteiger partial charge is 0.494 e. The van der Waals surface area contributed by atoms with Gasteiger partial charge in [0, 0.05) is 18.2 Å². The summed E-state index contributed by atoms with van der Waals surface area (Å²) in [5, 5.41) is 18.8. The number of fused-ring (bicyclic) bond motifs is 1. The third-order valence-corrected chi connectivity index (χ3v) is 2.08. The van der Waals surface area contributed by atoms with Crippen LogP contribution in [-0.4, -0.2) is 14.8 Å². The van der Waals surface area contributed by atoms with E-state index < -0.39 is 0 Å². The summed E-state index contributed by atoms with van der Waals surface area (Å²) < 4.78 is 1.38. The van der Waals surface area contributed by atoms with E-state index in [0.717, 1.165) is 17.5 Å². The molecule has 1 aliphatic rings. The molecule has 0 aromatic carbocycles. The van der Waals surface area contributed by atoms with E-state index >= 15 is 0 Å². The third kappa shape index (κ3) is 0.623. The van der Waals surface area contributed by atoms with Crippen molar-refractivity contribution in [3.05, 3.63) is 17.2 Å². The summed E-state index contributed by atoms with van der Waals surface area (Å²) in [5.74, 6) is 0.314. The average Bonchev–Trinajstić information content (AvgIpc) is 2.53. The second-order valence-electron chi connectivity index (χ2n) is 2.70. The predicted molar refractivity (Wildman–Crippen MR) is 41.5 cm³/mol. The number of allylic oxidation sites excluding steroid dienone is 1. The van der Waals surface area contributed by atoms with Crippen molar-refractivity contribution in [2.24, 2.45) is 7.05 Å². The number of nitrogens with zero attached hydrogens (tertiary/aromatic N) is 1. The van der Waals surface area contributed by atoms with Crippen LogP contribution in [0.1, 0.15) is 11.1 Å². The minimum Gasteiger partial charge on any atom is -0.494 e. The normalized spacial score (nSPS) is 13.9. The van der Waals surface area contributed by atoms with Crippen LogP contribution in [0.5, 0.6) is 11.8 Å². The van der Waals surface area contributed by atoms with Gasteiger partial charge in [0.2, 0.25) is 5.88 Å². The van der Waals surface area contributed by atoms with Gasteiger partial charge in [-0.2, -0.15) is 0 Å². The number of hydrogen-bond acceptors (Lipinski definition) is 2. The third-order valence-electron chi connectivity index (χ3n) is 2.08. The first kappa shape index (κ1) is 6.34. The van der Waals surface area contributed by atoms with E-state index in [0.29, 0.717) is 0 Å². The molecule has 0 bridgehead atoms. The highest BCUT2D eigenvalue weighted by molar-refractivity contribution is 5.68. The SMILES string of the molecule is Cn1c(O)c2c(c1O)CC=C2. The zero-order valence-electron chi connectivity index (χ0n) is 6.20. The lowest BCUT2D eigenvalue weighted by Crippen LogP contribution is -1.85. The fourth-order valence-corrected chi connectivity index (χ4v) is 1.41. The van der Waals surface area contributed by atoms with E-state index in [-0.39, 0.29) is 11.8 Å². The molecule has 0 amide bonds. The van der Waals surface area contributed by atoms with Crippen molar-refractivity contribution in [1.29, 1.82) is 0 Å². The van der Waals surface area contributed by atoms with E-state index in [1.165, 1.54) is 4.57 Å². The Balaban J connectivity index is 2.75. The number of aromatic nitrogens is 1. The standard InChI is InChI=1S/C8H9NO2/c1-9-7(10)5-3-2-4-6(5)8(9)11/h2-3,10-11H,4H2,1H3. The lowest BCUT2D eigenvalue weighted by Gasteiger charge is -1.96. The smallest absolute Gasteiger partial charge is 0.201 e. The zero-order chi connectivity index (χ0) is 8.01. The minimum atomic E-state index is 0.145. The average molecular weight is 151 g/mol. The number of rotatable bonds is 0.